The Kier molecular flexibility index (Phi) is 4.32. The fourth-order valence-electron chi connectivity index (χ4n) is 2.65. The van der Waals surface area contributed by atoms with E-state index in [9.17, 15) is 10.1 Å². The summed E-state index contributed by atoms with van der Waals surface area (Å²) in [7, 11) is 0. The van der Waals surface area contributed by atoms with Gasteiger partial charge in [-0.2, -0.15) is 16.7 Å². The van der Waals surface area contributed by atoms with Crippen LogP contribution in [0.4, 0.5) is 17.5 Å². The maximum absolute atomic E-state index is 11.1. The molecule has 1 fully saturated rings. The van der Waals surface area contributed by atoms with Crippen molar-refractivity contribution < 1.29 is 4.92 Å². The van der Waals surface area contributed by atoms with Gasteiger partial charge in [0.25, 0.3) is 0 Å². The number of hydrogen-bond acceptors (Lipinski definition) is 7. The summed E-state index contributed by atoms with van der Waals surface area (Å²) in [4.78, 5) is 18.5. The second-order valence-corrected chi connectivity index (χ2v) is 6.34. The van der Waals surface area contributed by atoms with Crippen LogP contribution in [0.15, 0.2) is 0 Å². The van der Waals surface area contributed by atoms with E-state index >= 15 is 0 Å². The Morgan fingerprint density at radius 2 is 2.10 bits per heavy atom. The highest BCUT2D eigenvalue weighted by molar-refractivity contribution is 8.00. The summed E-state index contributed by atoms with van der Waals surface area (Å²) in [6.07, 6.45) is 6.73. The Hall–Kier alpha value is -1.57. The number of hydrogen-bond donors (Lipinski definition) is 2. The molecule has 0 aromatic carbocycles. The van der Waals surface area contributed by atoms with Crippen molar-refractivity contribution in [1.82, 2.24) is 9.97 Å². The van der Waals surface area contributed by atoms with E-state index < -0.39 is 4.92 Å². The minimum Gasteiger partial charge on any atom is -0.368 e. The summed E-state index contributed by atoms with van der Waals surface area (Å²) in [5, 5.41) is 14.3. The first-order valence-electron chi connectivity index (χ1n) is 6.55. The predicted molar refractivity (Wildman–Crippen MR) is 81.0 cm³/mol. The molecular weight excluding hydrogens is 278 g/mol. The highest BCUT2D eigenvalue weighted by Gasteiger charge is 2.34. The molecule has 8 heteroatoms. The summed E-state index contributed by atoms with van der Waals surface area (Å²) in [5.41, 5.74) is 5.78. The van der Waals surface area contributed by atoms with Crippen LogP contribution in [-0.2, 0) is 0 Å². The Balaban J connectivity index is 2.22. The smallest absolute Gasteiger partial charge is 0.332 e. The molecule has 0 radical (unpaired) electrons. The van der Waals surface area contributed by atoms with Crippen LogP contribution in [0.2, 0.25) is 0 Å². The number of anilines is 2. The lowest BCUT2D eigenvalue weighted by Crippen LogP contribution is -2.30. The van der Waals surface area contributed by atoms with Gasteiger partial charge in [-0.25, -0.2) is 4.98 Å². The average molecular weight is 297 g/mol. The highest BCUT2D eigenvalue weighted by atomic mass is 32.2. The van der Waals surface area contributed by atoms with Crippen molar-refractivity contribution in [2.24, 2.45) is 0 Å². The maximum Gasteiger partial charge on any atom is 0.332 e. The van der Waals surface area contributed by atoms with E-state index in [2.05, 4.69) is 21.5 Å². The van der Waals surface area contributed by atoms with Crippen LogP contribution in [-0.4, -0.2) is 32.4 Å². The van der Waals surface area contributed by atoms with E-state index in [-0.39, 0.29) is 27.9 Å². The van der Waals surface area contributed by atoms with Gasteiger partial charge in [0.1, 0.15) is 5.69 Å². The van der Waals surface area contributed by atoms with Crippen LogP contribution < -0.4 is 11.1 Å². The third-order valence-electron chi connectivity index (χ3n) is 3.78. The standard InChI is InChI=1S/C12H19N5O2S/c1-8-9(17(18)19)10(16-11(13)15-8)14-7-12(20-2)5-3-4-6-12/h3-7H2,1-2H3,(H3,13,14,15,16). The number of rotatable bonds is 5. The second-order valence-electron chi connectivity index (χ2n) is 5.07. The molecule has 110 valence electrons. The first kappa shape index (κ1) is 14.8. The summed E-state index contributed by atoms with van der Waals surface area (Å²) in [5.74, 6) is 0.278. The second kappa shape index (κ2) is 5.82. The zero-order chi connectivity index (χ0) is 14.8. The van der Waals surface area contributed by atoms with E-state index in [0.717, 1.165) is 12.8 Å². The zero-order valence-electron chi connectivity index (χ0n) is 11.7. The largest absolute Gasteiger partial charge is 0.368 e. The van der Waals surface area contributed by atoms with Gasteiger partial charge >= 0.3 is 5.69 Å². The molecule has 1 aliphatic carbocycles. The molecule has 1 saturated carbocycles. The zero-order valence-corrected chi connectivity index (χ0v) is 12.5. The lowest BCUT2D eigenvalue weighted by molar-refractivity contribution is -0.385. The topological polar surface area (TPSA) is 107 Å². The van der Waals surface area contributed by atoms with Crippen molar-refractivity contribution in [3.05, 3.63) is 15.8 Å². The van der Waals surface area contributed by atoms with Crippen molar-refractivity contribution in [1.29, 1.82) is 0 Å². The number of aryl methyl sites for hydroxylation is 1. The third-order valence-corrected chi connectivity index (χ3v) is 5.20. The lowest BCUT2D eigenvalue weighted by Gasteiger charge is -2.27. The van der Waals surface area contributed by atoms with Gasteiger partial charge in [0.05, 0.1) is 4.92 Å². The number of aromatic nitrogens is 2. The molecule has 7 nitrogen and oxygen atoms in total. The van der Waals surface area contributed by atoms with Gasteiger partial charge in [0, 0.05) is 11.3 Å². The first-order valence-corrected chi connectivity index (χ1v) is 7.77. The maximum atomic E-state index is 11.1. The van der Waals surface area contributed by atoms with Gasteiger partial charge in [-0.3, -0.25) is 10.1 Å². The fraction of sp³-hybridized carbons (Fsp3) is 0.667. The molecule has 1 heterocycles. The Morgan fingerprint density at radius 1 is 1.45 bits per heavy atom. The molecule has 20 heavy (non-hydrogen) atoms. The molecule has 1 aromatic rings. The molecule has 0 amide bonds. The monoisotopic (exact) mass is 297 g/mol. The number of nitro groups is 1. The van der Waals surface area contributed by atoms with Crippen LogP contribution in [0.5, 0.6) is 0 Å². The number of nitrogen functional groups attached to an aromatic ring is 1. The SMILES string of the molecule is CSC1(CNc2nc(N)nc(C)c2[N+](=O)[O-])CCCC1. The molecule has 0 atom stereocenters. The number of nitrogens with one attached hydrogen (secondary N) is 1. The van der Waals surface area contributed by atoms with E-state index in [1.165, 1.54) is 12.8 Å². The molecule has 3 N–H and O–H groups in total. The van der Waals surface area contributed by atoms with Gasteiger partial charge < -0.3 is 11.1 Å². The van der Waals surface area contributed by atoms with Crippen molar-refractivity contribution in [2.75, 3.05) is 23.9 Å². The van der Waals surface area contributed by atoms with Gasteiger partial charge in [-0.1, -0.05) is 12.8 Å². The normalized spacial score (nSPS) is 17.1. The number of nitrogens with two attached hydrogens (primary N) is 1. The summed E-state index contributed by atoms with van der Waals surface area (Å²) in [6, 6.07) is 0. The number of thioether (sulfide) groups is 1. The molecule has 0 aliphatic heterocycles. The molecule has 0 saturated heterocycles. The van der Waals surface area contributed by atoms with Crippen molar-refractivity contribution in [3.8, 4) is 0 Å². The summed E-state index contributed by atoms with van der Waals surface area (Å²) >= 11 is 1.81. The Labute approximate surface area is 121 Å². The molecule has 0 unspecified atom stereocenters. The molecule has 2 rings (SSSR count). The summed E-state index contributed by atoms with van der Waals surface area (Å²) in [6.45, 7) is 2.23. The average Bonchev–Trinajstić information content (AvgIpc) is 2.84. The fourth-order valence-corrected chi connectivity index (χ4v) is 3.56. The lowest BCUT2D eigenvalue weighted by atomic mass is 10.1. The Morgan fingerprint density at radius 3 is 2.65 bits per heavy atom. The highest BCUT2D eigenvalue weighted by Crippen LogP contribution is 2.40. The van der Waals surface area contributed by atoms with Crippen LogP contribution in [0, 0.1) is 17.0 Å². The molecule has 0 spiro atoms. The van der Waals surface area contributed by atoms with Gasteiger partial charge in [0.15, 0.2) is 0 Å². The van der Waals surface area contributed by atoms with Crippen LogP contribution in [0.3, 0.4) is 0 Å². The van der Waals surface area contributed by atoms with E-state index in [4.69, 9.17) is 5.73 Å². The van der Waals surface area contributed by atoms with Gasteiger partial charge in [-0.15, -0.1) is 0 Å². The van der Waals surface area contributed by atoms with Gasteiger partial charge in [0.2, 0.25) is 11.8 Å². The first-order chi connectivity index (χ1) is 9.47. The molecule has 1 aromatic heterocycles. The third kappa shape index (κ3) is 2.95. The van der Waals surface area contributed by atoms with Gasteiger partial charge in [-0.05, 0) is 26.0 Å². The van der Waals surface area contributed by atoms with Crippen molar-refractivity contribution in [2.45, 2.75) is 37.4 Å². The van der Waals surface area contributed by atoms with Crippen molar-refractivity contribution in [3.63, 3.8) is 0 Å². The summed E-state index contributed by atoms with van der Waals surface area (Å²) < 4.78 is 0.140. The number of nitrogens with zero attached hydrogens (tertiary/aromatic N) is 3. The molecular formula is C12H19N5O2S. The minimum atomic E-state index is -0.461. The predicted octanol–water partition coefficient (Wildman–Crippen LogP) is 2.36. The van der Waals surface area contributed by atoms with Crippen LogP contribution in [0.1, 0.15) is 31.4 Å². The van der Waals surface area contributed by atoms with E-state index in [0.29, 0.717) is 6.54 Å². The van der Waals surface area contributed by atoms with E-state index in [1.807, 2.05) is 11.8 Å². The van der Waals surface area contributed by atoms with Crippen LogP contribution in [0.25, 0.3) is 0 Å². The minimum absolute atomic E-state index is 0.0558. The Bertz CT molecular complexity index is 517. The quantitative estimate of drug-likeness (QED) is 0.634. The molecule has 0 bridgehead atoms. The van der Waals surface area contributed by atoms with Crippen LogP contribution >= 0.6 is 11.8 Å². The van der Waals surface area contributed by atoms with Crippen molar-refractivity contribution >= 4 is 29.2 Å². The molecule has 1 aliphatic rings. The van der Waals surface area contributed by atoms with E-state index in [1.54, 1.807) is 6.92 Å².